The van der Waals surface area contributed by atoms with E-state index in [0.29, 0.717) is 45.9 Å². The van der Waals surface area contributed by atoms with Gasteiger partial charge in [0.1, 0.15) is 0 Å². The van der Waals surface area contributed by atoms with Crippen LogP contribution in [0.5, 0.6) is 0 Å². The minimum absolute atomic E-state index is 0.188. The summed E-state index contributed by atoms with van der Waals surface area (Å²) in [6, 6.07) is 0. The number of aromatic nitrogens is 2. The van der Waals surface area contributed by atoms with Gasteiger partial charge < -0.3 is 40.4 Å². The van der Waals surface area contributed by atoms with Crippen molar-refractivity contribution < 1.29 is 29.4 Å². The Morgan fingerprint density at radius 2 is 1.16 bits per heavy atom. The SMILES string of the molecule is C=CC1=C(C)/C(=C/c2[nH]c(Cc3[nH]c(/C=C4\NC(=O)C(C)=C4C=C)c(C)c3CCC(=O)[O-])c(CCC(=O)[O-])c2C)NC1=O. The second-order valence-electron chi connectivity index (χ2n) is 10.7. The Hall–Kier alpha value is -5.12. The van der Waals surface area contributed by atoms with Crippen LogP contribution in [0.3, 0.4) is 0 Å². The summed E-state index contributed by atoms with van der Waals surface area (Å²) < 4.78 is 0. The van der Waals surface area contributed by atoms with Crippen molar-refractivity contribution in [1.82, 2.24) is 20.6 Å². The number of carbonyl (C=O) groups is 4. The lowest BCUT2D eigenvalue weighted by Crippen LogP contribution is -2.22. The molecule has 4 heterocycles. The fourth-order valence-electron chi connectivity index (χ4n) is 5.60. The maximum absolute atomic E-state index is 12.3. The Morgan fingerprint density at radius 1 is 0.698 bits per heavy atom. The highest BCUT2D eigenvalue weighted by molar-refractivity contribution is 6.03. The molecule has 0 saturated carbocycles. The van der Waals surface area contributed by atoms with Gasteiger partial charge in [-0.15, -0.1) is 0 Å². The summed E-state index contributed by atoms with van der Waals surface area (Å²) in [6.07, 6.45) is 7.09. The molecule has 0 spiro atoms. The number of hydrogen-bond acceptors (Lipinski definition) is 6. The fraction of sp³-hybridized carbons (Fsp3) is 0.273. The van der Waals surface area contributed by atoms with Crippen LogP contribution in [-0.4, -0.2) is 33.7 Å². The third-order valence-corrected chi connectivity index (χ3v) is 8.09. The predicted molar refractivity (Wildman–Crippen MR) is 159 cm³/mol. The van der Waals surface area contributed by atoms with Crippen LogP contribution in [-0.2, 0) is 38.4 Å². The smallest absolute Gasteiger partial charge is 0.255 e. The van der Waals surface area contributed by atoms with Gasteiger partial charge >= 0.3 is 0 Å². The minimum atomic E-state index is -1.18. The average Bonchev–Trinajstić information content (AvgIpc) is 3.59. The van der Waals surface area contributed by atoms with E-state index in [0.717, 1.165) is 39.2 Å². The number of aliphatic carboxylic acids is 2. The number of rotatable bonds is 12. The van der Waals surface area contributed by atoms with Crippen LogP contribution < -0.4 is 20.8 Å². The summed E-state index contributed by atoms with van der Waals surface area (Å²) in [5, 5.41) is 28.5. The molecule has 2 aromatic rings. The highest BCUT2D eigenvalue weighted by Crippen LogP contribution is 2.31. The van der Waals surface area contributed by atoms with Crippen molar-refractivity contribution in [3.05, 3.63) is 104 Å². The fourth-order valence-corrected chi connectivity index (χ4v) is 5.60. The molecule has 2 aromatic heterocycles. The third-order valence-electron chi connectivity index (χ3n) is 8.09. The molecule has 0 aromatic carbocycles. The van der Waals surface area contributed by atoms with Crippen molar-refractivity contribution in [3.63, 3.8) is 0 Å². The third kappa shape index (κ3) is 6.23. The molecular weight excluding hydrogens is 548 g/mol. The lowest BCUT2D eigenvalue weighted by molar-refractivity contribution is -0.307. The molecule has 2 aliphatic heterocycles. The highest BCUT2D eigenvalue weighted by atomic mass is 16.4. The first-order valence-electron chi connectivity index (χ1n) is 13.9. The van der Waals surface area contributed by atoms with Crippen LogP contribution in [0.25, 0.3) is 12.2 Å². The summed E-state index contributed by atoms with van der Waals surface area (Å²) in [6.45, 7) is 14.8. The standard InChI is InChI=1S/C33H36N4O6/c1-7-20-19(6)32(42)37-27(20)14-25-18(5)23(10-12-31(40)41)29(35-25)15-28-22(9-11-30(38)39)17(4)24(34-28)13-26-16(3)21(8-2)33(43)36-26/h7-8,13-14,34-35H,1-2,9-12,15H2,3-6H3,(H,36,43)(H,37,42)(H,38,39)(H,40,41)/p-2/b26-13-,27-14-. The number of hydrogen-bond donors (Lipinski definition) is 4. The van der Waals surface area contributed by atoms with Gasteiger partial charge in [-0.2, -0.15) is 0 Å². The van der Waals surface area contributed by atoms with Gasteiger partial charge in [0.25, 0.3) is 11.8 Å². The summed E-state index contributed by atoms with van der Waals surface area (Å²) in [4.78, 5) is 54.2. The summed E-state index contributed by atoms with van der Waals surface area (Å²) >= 11 is 0. The van der Waals surface area contributed by atoms with Crippen LogP contribution in [0, 0.1) is 13.8 Å². The van der Waals surface area contributed by atoms with E-state index >= 15 is 0 Å². The molecule has 0 radical (unpaired) electrons. The van der Waals surface area contributed by atoms with Gasteiger partial charge in [0, 0.05) is 63.6 Å². The number of allylic oxidation sites excluding steroid dienone is 2. The molecule has 4 rings (SSSR count). The lowest BCUT2D eigenvalue weighted by Gasteiger charge is -2.09. The van der Waals surface area contributed by atoms with E-state index in [9.17, 15) is 29.4 Å². The molecule has 0 bridgehead atoms. The number of H-pyrrole nitrogens is 2. The van der Waals surface area contributed by atoms with E-state index in [2.05, 4.69) is 33.8 Å². The molecule has 4 N–H and O–H groups in total. The maximum Gasteiger partial charge on any atom is 0.255 e. The molecule has 224 valence electrons. The Balaban J connectivity index is 1.80. The monoisotopic (exact) mass is 582 g/mol. The average molecular weight is 583 g/mol. The van der Waals surface area contributed by atoms with E-state index in [1.165, 1.54) is 6.08 Å². The largest absolute Gasteiger partial charge is 0.550 e. The lowest BCUT2D eigenvalue weighted by atomic mass is 9.98. The zero-order valence-electron chi connectivity index (χ0n) is 24.7. The Kier molecular flexibility index (Phi) is 8.89. The minimum Gasteiger partial charge on any atom is -0.550 e. The van der Waals surface area contributed by atoms with Crippen LogP contribution in [0.2, 0.25) is 0 Å². The topological polar surface area (TPSA) is 170 Å². The van der Waals surface area contributed by atoms with Gasteiger partial charge in [-0.25, -0.2) is 0 Å². The number of nitrogens with one attached hydrogen (secondary N) is 4. The Bertz CT molecular complexity index is 1710. The Labute approximate surface area is 249 Å². The molecule has 0 unspecified atom stereocenters. The van der Waals surface area contributed by atoms with E-state index < -0.39 is 11.9 Å². The quantitative estimate of drug-likeness (QED) is 0.298. The number of carbonyl (C=O) groups excluding carboxylic acids is 4. The summed E-state index contributed by atoms with van der Waals surface area (Å²) in [5.74, 6) is -2.82. The van der Waals surface area contributed by atoms with E-state index in [4.69, 9.17) is 0 Å². The number of amides is 2. The van der Waals surface area contributed by atoms with Crippen molar-refractivity contribution in [1.29, 1.82) is 0 Å². The molecule has 43 heavy (non-hydrogen) atoms. The van der Waals surface area contributed by atoms with Gasteiger partial charge in [0.2, 0.25) is 0 Å². The molecule has 0 aliphatic carbocycles. The molecule has 2 amide bonds. The van der Waals surface area contributed by atoms with Crippen LogP contribution in [0.4, 0.5) is 0 Å². The van der Waals surface area contributed by atoms with Crippen molar-refractivity contribution in [2.45, 2.75) is 59.8 Å². The van der Waals surface area contributed by atoms with Crippen LogP contribution in [0.1, 0.15) is 71.7 Å². The van der Waals surface area contributed by atoms with Crippen molar-refractivity contribution in [2.75, 3.05) is 0 Å². The van der Waals surface area contributed by atoms with Crippen molar-refractivity contribution in [3.8, 4) is 0 Å². The molecule has 0 atom stereocenters. The summed E-state index contributed by atoms with van der Waals surface area (Å²) in [5.41, 5.74) is 9.76. The highest BCUT2D eigenvalue weighted by Gasteiger charge is 2.25. The molecule has 0 fully saturated rings. The number of carboxylic acids is 2. The predicted octanol–water partition coefficient (Wildman–Crippen LogP) is 1.86. The normalized spacial score (nSPS) is 16.8. The molecule has 10 heteroatoms. The van der Waals surface area contributed by atoms with Gasteiger partial charge in [-0.3, -0.25) is 9.59 Å². The zero-order chi connectivity index (χ0) is 31.6. The second kappa shape index (κ2) is 12.4. The second-order valence-corrected chi connectivity index (χ2v) is 10.7. The van der Waals surface area contributed by atoms with E-state index in [-0.39, 0.29) is 37.5 Å². The first-order valence-corrected chi connectivity index (χ1v) is 13.9. The molecular formula is C33H34N4O6-2. The van der Waals surface area contributed by atoms with Crippen molar-refractivity contribution in [2.24, 2.45) is 0 Å². The first kappa shape index (κ1) is 30.8. The first-order chi connectivity index (χ1) is 20.4. The zero-order valence-corrected chi connectivity index (χ0v) is 24.7. The summed E-state index contributed by atoms with van der Waals surface area (Å²) in [7, 11) is 0. The Morgan fingerprint density at radius 3 is 1.60 bits per heavy atom. The van der Waals surface area contributed by atoms with E-state index in [1.54, 1.807) is 19.1 Å². The van der Waals surface area contributed by atoms with Crippen LogP contribution >= 0.6 is 0 Å². The van der Waals surface area contributed by atoms with Gasteiger partial charge in [-0.1, -0.05) is 25.3 Å². The molecule has 0 saturated heterocycles. The molecule has 2 aliphatic rings. The van der Waals surface area contributed by atoms with Crippen LogP contribution in [0.15, 0.2) is 59.0 Å². The van der Waals surface area contributed by atoms with Gasteiger partial charge in [0.05, 0.1) is 5.70 Å². The van der Waals surface area contributed by atoms with Gasteiger partial charge in [-0.05, 0) is 93.4 Å². The van der Waals surface area contributed by atoms with Gasteiger partial charge in [0.15, 0.2) is 0 Å². The maximum atomic E-state index is 12.3. The molecule has 10 nitrogen and oxygen atoms in total. The van der Waals surface area contributed by atoms with E-state index in [1.807, 2.05) is 26.8 Å². The number of aromatic amines is 2. The van der Waals surface area contributed by atoms with Crippen molar-refractivity contribution >= 4 is 35.9 Å². The number of carboxylic acid groups (broad SMARTS) is 2.